The predicted octanol–water partition coefficient (Wildman–Crippen LogP) is 1.78. The van der Waals surface area contributed by atoms with E-state index in [9.17, 15) is 9.18 Å². The molecule has 0 bridgehead atoms. The number of benzene rings is 1. The molecule has 0 spiro atoms. The van der Waals surface area contributed by atoms with Crippen LogP contribution in [0.5, 0.6) is 0 Å². The molecule has 0 radical (unpaired) electrons. The SMILES string of the molecule is O=C1C[C@H](c2ccc(Cl)cc2F)CN1.O=CO. The molecule has 6 heteroatoms. The molecule has 92 valence electrons. The van der Waals surface area contributed by atoms with E-state index in [0.717, 1.165) is 0 Å². The number of hydrogen-bond donors (Lipinski definition) is 2. The molecule has 0 aliphatic carbocycles. The van der Waals surface area contributed by atoms with Gasteiger partial charge in [0.1, 0.15) is 5.82 Å². The number of carbonyl (C=O) groups excluding carboxylic acids is 1. The Kier molecular flexibility index (Phi) is 4.90. The molecule has 1 fully saturated rings. The van der Waals surface area contributed by atoms with Crippen molar-refractivity contribution >= 4 is 24.0 Å². The van der Waals surface area contributed by atoms with Gasteiger partial charge < -0.3 is 10.4 Å². The fourth-order valence-electron chi connectivity index (χ4n) is 1.66. The molecule has 1 saturated heterocycles. The van der Waals surface area contributed by atoms with Gasteiger partial charge in [0.2, 0.25) is 5.91 Å². The van der Waals surface area contributed by atoms with Crippen molar-refractivity contribution in [3.8, 4) is 0 Å². The Morgan fingerprint density at radius 2 is 2.18 bits per heavy atom. The molecule has 0 aromatic heterocycles. The summed E-state index contributed by atoms with van der Waals surface area (Å²) in [4.78, 5) is 19.3. The normalized spacial score (nSPS) is 18.0. The molecule has 2 N–H and O–H groups in total. The van der Waals surface area contributed by atoms with Crippen LogP contribution in [0.3, 0.4) is 0 Å². The summed E-state index contributed by atoms with van der Waals surface area (Å²) in [5.41, 5.74) is 0.563. The third kappa shape index (κ3) is 3.71. The second kappa shape index (κ2) is 6.20. The highest BCUT2D eigenvalue weighted by molar-refractivity contribution is 6.30. The van der Waals surface area contributed by atoms with Gasteiger partial charge in [0.15, 0.2) is 0 Å². The van der Waals surface area contributed by atoms with Gasteiger partial charge in [-0.2, -0.15) is 0 Å². The Labute approximate surface area is 102 Å². The summed E-state index contributed by atoms with van der Waals surface area (Å²) in [5, 5.41) is 9.94. The van der Waals surface area contributed by atoms with Crippen LogP contribution in [-0.4, -0.2) is 24.0 Å². The summed E-state index contributed by atoms with van der Waals surface area (Å²) in [6.07, 6.45) is 0.360. The van der Waals surface area contributed by atoms with Gasteiger partial charge in [-0.3, -0.25) is 9.59 Å². The molecule has 0 saturated carbocycles. The summed E-state index contributed by atoms with van der Waals surface area (Å²) in [7, 11) is 0. The van der Waals surface area contributed by atoms with Gasteiger partial charge in [-0.05, 0) is 17.7 Å². The Morgan fingerprint density at radius 1 is 1.53 bits per heavy atom. The van der Waals surface area contributed by atoms with Crippen LogP contribution in [0.1, 0.15) is 17.9 Å². The van der Waals surface area contributed by atoms with Crippen LogP contribution in [0, 0.1) is 5.82 Å². The topological polar surface area (TPSA) is 66.4 Å². The first-order chi connectivity index (χ1) is 8.08. The lowest BCUT2D eigenvalue weighted by Crippen LogP contribution is -2.13. The Morgan fingerprint density at radius 3 is 2.65 bits per heavy atom. The number of carboxylic acid groups (broad SMARTS) is 1. The van der Waals surface area contributed by atoms with E-state index in [4.69, 9.17) is 21.5 Å². The highest BCUT2D eigenvalue weighted by Gasteiger charge is 2.25. The molecular formula is C11H11ClFNO3. The van der Waals surface area contributed by atoms with Crippen molar-refractivity contribution < 1.29 is 19.1 Å². The average Bonchev–Trinajstić information content (AvgIpc) is 2.66. The van der Waals surface area contributed by atoms with Gasteiger partial charge in [-0.25, -0.2) is 4.39 Å². The maximum atomic E-state index is 13.4. The van der Waals surface area contributed by atoms with E-state index >= 15 is 0 Å². The quantitative estimate of drug-likeness (QED) is 0.756. The fourth-order valence-corrected chi connectivity index (χ4v) is 1.82. The van der Waals surface area contributed by atoms with E-state index in [-0.39, 0.29) is 24.1 Å². The van der Waals surface area contributed by atoms with Crippen LogP contribution in [0.4, 0.5) is 4.39 Å². The highest BCUT2D eigenvalue weighted by Crippen LogP contribution is 2.26. The number of nitrogens with one attached hydrogen (secondary N) is 1. The van der Waals surface area contributed by atoms with Gasteiger partial charge in [0.25, 0.3) is 6.47 Å². The van der Waals surface area contributed by atoms with Crippen molar-refractivity contribution in [3.63, 3.8) is 0 Å². The molecule has 2 rings (SSSR count). The Bertz CT molecular complexity index is 425. The summed E-state index contributed by atoms with van der Waals surface area (Å²) >= 11 is 5.63. The second-order valence-corrected chi connectivity index (χ2v) is 3.91. The third-order valence-corrected chi connectivity index (χ3v) is 2.61. The van der Waals surface area contributed by atoms with Crippen LogP contribution in [0.2, 0.25) is 5.02 Å². The summed E-state index contributed by atoms with van der Waals surface area (Å²) in [6.45, 7) is 0.261. The first kappa shape index (κ1) is 13.4. The Hall–Kier alpha value is -1.62. The molecule has 1 aromatic carbocycles. The molecule has 4 nitrogen and oxygen atoms in total. The van der Waals surface area contributed by atoms with Crippen LogP contribution >= 0.6 is 11.6 Å². The number of rotatable bonds is 1. The maximum absolute atomic E-state index is 13.4. The number of carbonyl (C=O) groups is 2. The van der Waals surface area contributed by atoms with Crippen LogP contribution in [0.15, 0.2) is 18.2 Å². The first-order valence-electron chi connectivity index (χ1n) is 4.88. The zero-order valence-electron chi connectivity index (χ0n) is 8.82. The lowest BCUT2D eigenvalue weighted by atomic mass is 9.98. The zero-order chi connectivity index (χ0) is 12.8. The summed E-state index contributed by atoms with van der Waals surface area (Å²) < 4.78 is 13.4. The van der Waals surface area contributed by atoms with Crippen LogP contribution in [0.25, 0.3) is 0 Å². The van der Waals surface area contributed by atoms with E-state index < -0.39 is 0 Å². The van der Waals surface area contributed by atoms with Crippen molar-refractivity contribution in [2.45, 2.75) is 12.3 Å². The van der Waals surface area contributed by atoms with Gasteiger partial charge in [-0.1, -0.05) is 17.7 Å². The van der Waals surface area contributed by atoms with E-state index in [2.05, 4.69) is 5.32 Å². The largest absolute Gasteiger partial charge is 0.483 e. The number of hydrogen-bond acceptors (Lipinski definition) is 2. The third-order valence-electron chi connectivity index (χ3n) is 2.38. The monoisotopic (exact) mass is 259 g/mol. The van der Waals surface area contributed by atoms with Crippen molar-refractivity contribution in [2.75, 3.05) is 6.54 Å². The smallest absolute Gasteiger partial charge is 0.290 e. The van der Waals surface area contributed by atoms with Crippen LogP contribution in [-0.2, 0) is 9.59 Å². The standard InChI is InChI=1S/C10H9ClFNO.CH2O2/c11-7-1-2-8(9(12)4-7)6-3-10(14)13-5-6;2-1-3/h1-2,4,6H,3,5H2,(H,13,14);1H,(H,2,3)/t6-;/m0./s1. The number of amides is 1. The molecular weight excluding hydrogens is 249 g/mol. The van der Waals surface area contributed by atoms with E-state index in [1.165, 1.54) is 6.07 Å². The van der Waals surface area contributed by atoms with E-state index in [0.29, 0.717) is 23.6 Å². The van der Waals surface area contributed by atoms with Crippen molar-refractivity contribution in [1.82, 2.24) is 5.32 Å². The molecule has 0 unspecified atom stereocenters. The molecule has 1 amide bonds. The van der Waals surface area contributed by atoms with Gasteiger partial charge in [0, 0.05) is 23.9 Å². The maximum Gasteiger partial charge on any atom is 0.290 e. The minimum atomic E-state index is -0.334. The van der Waals surface area contributed by atoms with Crippen molar-refractivity contribution in [2.24, 2.45) is 0 Å². The predicted molar refractivity (Wildman–Crippen MR) is 60.5 cm³/mol. The Balaban J connectivity index is 0.000000437. The minimum Gasteiger partial charge on any atom is -0.483 e. The minimum absolute atomic E-state index is 0.0237. The van der Waals surface area contributed by atoms with E-state index in [1.54, 1.807) is 12.1 Å². The average molecular weight is 260 g/mol. The molecule has 1 aromatic rings. The number of halogens is 2. The zero-order valence-corrected chi connectivity index (χ0v) is 9.58. The molecule has 1 heterocycles. The first-order valence-corrected chi connectivity index (χ1v) is 5.25. The van der Waals surface area contributed by atoms with Gasteiger partial charge in [0.05, 0.1) is 0 Å². The summed E-state index contributed by atoms with van der Waals surface area (Å²) in [5.74, 6) is -0.414. The lowest BCUT2D eigenvalue weighted by Gasteiger charge is -2.08. The molecule has 17 heavy (non-hydrogen) atoms. The molecule has 1 aliphatic rings. The van der Waals surface area contributed by atoms with E-state index in [1.807, 2.05) is 0 Å². The second-order valence-electron chi connectivity index (χ2n) is 3.48. The van der Waals surface area contributed by atoms with Crippen LogP contribution < -0.4 is 5.32 Å². The molecule has 1 aliphatic heterocycles. The van der Waals surface area contributed by atoms with Gasteiger partial charge >= 0.3 is 0 Å². The summed E-state index contributed by atoms with van der Waals surface area (Å²) in [6, 6.07) is 4.56. The highest BCUT2D eigenvalue weighted by atomic mass is 35.5. The molecule has 1 atom stereocenters. The fraction of sp³-hybridized carbons (Fsp3) is 0.273. The lowest BCUT2D eigenvalue weighted by molar-refractivity contribution is -0.123. The van der Waals surface area contributed by atoms with Crippen molar-refractivity contribution in [1.29, 1.82) is 0 Å². The van der Waals surface area contributed by atoms with Gasteiger partial charge in [-0.15, -0.1) is 0 Å². The van der Waals surface area contributed by atoms with Crippen molar-refractivity contribution in [3.05, 3.63) is 34.6 Å².